The molecule has 3 fully saturated rings. The molecular formula is C20H25ClN2O3. The van der Waals surface area contributed by atoms with Gasteiger partial charge in [-0.15, -0.1) is 0 Å². The van der Waals surface area contributed by atoms with E-state index in [4.69, 9.17) is 11.6 Å². The van der Waals surface area contributed by atoms with Crippen molar-refractivity contribution in [2.45, 2.75) is 44.1 Å². The maximum absolute atomic E-state index is 12.9. The van der Waals surface area contributed by atoms with Crippen molar-refractivity contribution in [2.24, 2.45) is 11.8 Å². The molecule has 26 heavy (non-hydrogen) atoms. The third-order valence-electron chi connectivity index (χ3n) is 6.54. The molecule has 1 aromatic rings. The van der Waals surface area contributed by atoms with E-state index in [-0.39, 0.29) is 22.8 Å². The number of halogens is 1. The first kappa shape index (κ1) is 17.7. The number of fused-ring (bicyclic) bond motifs is 1. The van der Waals surface area contributed by atoms with Crippen LogP contribution in [0.3, 0.4) is 0 Å². The number of benzene rings is 1. The van der Waals surface area contributed by atoms with Crippen LogP contribution in [0.5, 0.6) is 0 Å². The molecule has 2 saturated carbocycles. The van der Waals surface area contributed by atoms with Crippen LogP contribution >= 0.6 is 11.6 Å². The molecule has 1 aromatic carbocycles. The van der Waals surface area contributed by atoms with Gasteiger partial charge in [-0.25, -0.2) is 4.79 Å². The fourth-order valence-electron chi connectivity index (χ4n) is 4.86. The number of carbonyl (C=O) groups excluding carboxylic acids is 2. The van der Waals surface area contributed by atoms with Crippen LogP contribution in [0.1, 0.15) is 37.3 Å². The lowest BCUT2D eigenvalue weighted by Gasteiger charge is -2.45. The Balaban J connectivity index is 1.39. The van der Waals surface area contributed by atoms with E-state index in [9.17, 15) is 9.59 Å². The number of hydrogen-bond acceptors (Lipinski definition) is 3. The summed E-state index contributed by atoms with van der Waals surface area (Å²) in [5, 5.41) is 3.64. The highest BCUT2D eigenvalue weighted by atomic mass is 35.5. The van der Waals surface area contributed by atoms with Crippen molar-refractivity contribution in [2.75, 3.05) is 20.2 Å². The second-order valence-electron chi connectivity index (χ2n) is 8.52. The van der Waals surface area contributed by atoms with Gasteiger partial charge >= 0.3 is 6.09 Å². The third-order valence-corrected chi connectivity index (χ3v) is 6.94. The smallest absolute Gasteiger partial charge is 0.407 e. The first-order valence-corrected chi connectivity index (χ1v) is 9.56. The first-order valence-electron chi connectivity index (χ1n) is 9.18. The van der Waals surface area contributed by atoms with Crippen molar-refractivity contribution in [1.82, 2.24) is 10.2 Å². The second kappa shape index (κ2) is 5.88. The number of ether oxygens (including phenoxy) is 1. The van der Waals surface area contributed by atoms with E-state index in [0.29, 0.717) is 18.8 Å². The molecule has 2 aliphatic carbocycles. The van der Waals surface area contributed by atoms with E-state index in [0.717, 1.165) is 30.1 Å². The summed E-state index contributed by atoms with van der Waals surface area (Å²) in [7, 11) is 1.35. The first-order chi connectivity index (χ1) is 12.3. The molecule has 140 valence electrons. The molecule has 5 nitrogen and oxygen atoms in total. The highest BCUT2D eigenvalue weighted by Gasteiger charge is 2.62. The summed E-state index contributed by atoms with van der Waals surface area (Å²) in [5.74, 6) is 0.761. The Morgan fingerprint density at radius 3 is 2.69 bits per heavy atom. The van der Waals surface area contributed by atoms with Crippen LogP contribution < -0.4 is 5.32 Å². The van der Waals surface area contributed by atoms with Gasteiger partial charge in [0.15, 0.2) is 0 Å². The summed E-state index contributed by atoms with van der Waals surface area (Å²) in [6, 6.07) is 6.31. The van der Waals surface area contributed by atoms with Crippen LogP contribution in [0.4, 0.5) is 4.79 Å². The van der Waals surface area contributed by atoms with Gasteiger partial charge in [0.25, 0.3) is 0 Å². The fraction of sp³-hybridized carbons (Fsp3) is 0.600. The monoisotopic (exact) mass is 376 g/mol. The van der Waals surface area contributed by atoms with Crippen molar-refractivity contribution in [3.05, 3.63) is 34.3 Å². The minimum Gasteiger partial charge on any atom is -0.453 e. The van der Waals surface area contributed by atoms with E-state index in [1.807, 2.05) is 18.7 Å². The molecule has 0 aromatic heterocycles. The molecule has 0 radical (unpaired) electrons. The number of hydrogen-bond donors (Lipinski definition) is 1. The zero-order chi connectivity index (χ0) is 18.7. The lowest BCUT2D eigenvalue weighted by molar-refractivity contribution is -0.140. The predicted molar refractivity (Wildman–Crippen MR) is 99.2 cm³/mol. The van der Waals surface area contributed by atoms with Crippen LogP contribution in [0.15, 0.2) is 18.2 Å². The summed E-state index contributed by atoms with van der Waals surface area (Å²) in [4.78, 5) is 26.3. The van der Waals surface area contributed by atoms with Crippen molar-refractivity contribution in [3.63, 3.8) is 0 Å². The van der Waals surface area contributed by atoms with Crippen molar-refractivity contribution in [1.29, 1.82) is 0 Å². The van der Waals surface area contributed by atoms with Gasteiger partial charge in [-0.05, 0) is 56.2 Å². The summed E-state index contributed by atoms with van der Waals surface area (Å²) in [6.07, 6.45) is 2.05. The van der Waals surface area contributed by atoms with Crippen LogP contribution in [0, 0.1) is 18.8 Å². The molecule has 0 bridgehead atoms. The molecule has 0 spiro atoms. The molecule has 1 heterocycles. The number of nitrogens with one attached hydrogen (secondary N) is 1. The van der Waals surface area contributed by atoms with E-state index in [2.05, 4.69) is 28.3 Å². The lowest BCUT2D eigenvalue weighted by Crippen LogP contribution is -2.58. The Kier molecular flexibility index (Phi) is 3.99. The fourth-order valence-corrected chi connectivity index (χ4v) is 5.04. The van der Waals surface area contributed by atoms with Crippen molar-refractivity contribution < 1.29 is 14.3 Å². The third kappa shape index (κ3) is 2.77. The van der Waals surface area contributed by atoms with Gasteiger partial charge in [0.2, 0.25) is 5.91 Å². The Bertz CT molecular complexity index is 774. The zero-order valence-electron chi connectivity index (χ0n) is 15.5. The summed E-state index contributed by atoms with van der Waals surface area (Å²) in [6.45, 7) is 5.59. The van der Waals surface area contributed by atoms with E-state index in [1.54, 1.807) is 0 Å². The standard InChI is InChI=1S/C20H25ClN2O3/c1-12-4-5-14(6-16(12)21)20-9-15(20)10-23(11-20)17(24)13-7-19(2,8-13)22-18(25)26-3/h4-6,13,15H,7-11H2,1-3H3,(H,22,25). The zero-order valence-corrected chi connectivity index (χ0v) is 16.2. The molecule has 2 amide bonds. The van der Waals surface area contributed by atoms with Gasteiger partial charge in [0, 0.05) is 35.0 Å². The molecule has 3 aliphatic rings. The quantitative estimate of drug-likeness (QED) is 0.880. The van der Waals surface area contributed by atoms with Gasteiger partial charge in [-0.2, -0.15) is 0 Å². The normalized spacial score (nSPS) is 34.7. The maximum Gasteiger partial charge on any atom is 0.407 e. The molecular weight excluding hydrogens is 352 g/mol. The minimum absolute atomic E-state index is 0.00619. The van der Waals surface area contributed by atoms with E-state index < -0.39 is 6.09 Å². The molecule has 6 heteroatoms. The lowest BCUT2D eigenvalue weighted by atomic mass is 9.69. The topological polar surface area (TPSA) is 58.6 Å². The molecule has 1 N–H and O–H groups in total. The van der Waals surface area contributed by atoms with E-state index in [1.165, 1.54) is 12.7 Å². The number of piperidine rings is 1. The Labute approximate surface area is 159 Å². The summed E-state index contributed by atoms with van der Waals surface area (Å²) < 4.78 is 4.66. The van der Waals surface area contributed by atoms with Crippen molar-refractivity contribution in [3.8, 4) is 0 Å². The Morgan fingerprint density at radius 2 is 2.04 bits per heavy atom. The van der Waals surface area contributed by atoms with Gasteiger partial charge in [0.1, 0.15) is 0 Å². The average molecular weight is 377 g/mol. The molecule has 2 unspecified atom stereocenters. The number of alkyl carbamates (subject to hydrolysis) is 1. The number of amides is 2. The van der Waals surface area contributed by atoms with Crippen LogP contribution in [-0.4, -0.2) is 42.6 Å². The number of carbonyl (C=O) groups is 2. The van der Waals surface area contributed by atoms with Gasteiger partial charge in [-0.3, -0.25) is 4.79 Å². The summed E-state index contributed by atoms with van der Waals surface area (Å²) >= 11 is 6.31. The number of nitrogens with zero attached hydrogens (tertiary/aromatic N) is 1. The number of rotatable bonds is 3. The number of methoxy groups -OCH3 is 1. The highest BCUT2D eigenvalue weighted by Crippen LogP contribution is 2.59. The minimum atomic E-state index is -0.434. The maximum atomic E-state index is 12.9. The van der Waals surface area contributed by atoms with Crippen molar-refractivity contribution >= 4 is 23.6 Å². The molecule has 4 rings (SSSR count). The Morgan fingerprint density at radius 1 is 1.31 bits per heavy atom. The van der Waals surface area contributed by atoms with Crippen LogP contribution in [0.25, 0.3) is 0 Å². The van der Waals surface area contributed by atoms with E-state index >= 15 is 0 Å². The number of aryl methyl sites for hydroxylation is 1. The van der Waals surface area contributed by atoms with Gasteiger partial charge in [-0.1, -0.05) is 23.7 Å². The predicted octanol–water partition coefficient (Wildman–Crippen LogP) is 3.27. The highest BCUT2D eigenvalue weighted by molar-refractivity contribution is 6.31. The van der Waals surface area contributed by atoms with Crippen LogP contribution in [0.2, 0.25) is 5.02 Å². The SMILES string of the molecule is COC(=O)NC1(C)CC(C(=O)N2CC3CC3(c3ccc(C)c(Cl)c3)C2)C1. The van der Waals surface area contributed by atoms with Gasteiger partial charge in [0.05, 0.1) is 7.11 Å². The Hall–Kier alpha value is -1.75. The molecule has 1 aliphatic heterocycles. The number of likely N-dealkylation sites (tertiary alicyclic amines) is 1. The average Bonchev–Trinajstić information content (AvgIpc) is 3.15. The molecule has 1 saturated heterocycles. The second-order valence-corrected chi connectivity index (χ2v) is 8.93. The molecule has 2 atom stereocenters. The summed E-state index contributed by atoms with van der Waals surface area (Å²) in [5.41, 5.74) is 2.11. The largest absolute Gasteiger partial charge is 0.453 e. The van der Waals surface area contributed by atoms with Gasteiger partial charge < -0.3 is 15.0 Å². The van der Waals surface area contributed by atoms with Crippen LogP contribution in [-0.2, 0) is 14.9 Å².